The highest BCUT2D eigenvalue weighted by Gasteiger charge is 2.21. The number of aromatic nitrogens is 5. The van der Waals surface area contributed by atoms with E-state index in [9.17, 15) is 0 Å². The summed E-state index contributed by atoms with van der Waals surface area (Å²) >= 11 is 0. The number of nitrogens with zero attached hydrogens (tertiary/aromatic N) is 5. The molecule has 0 aliphatic rings. The molecule has 4 aromatic heterocycles. The predicted octanol–water partition coefficient (Wildman–Crippen LogP) is 16.3. The molecule has 14 aromatic rings. The first-order valence-corrected chi connectivity index (χ1v) is 23.3. The zero-order valence-corrected chi connectivity index (χ0v) is 37.2. The molecule has 0 unspecified atom stereocenters. The molecule has 0 spiro atoms. The first-order chi connectivity index (χ1) is 34.2. The van der Waals surface area contributed by atoms with Gasteiger partial charge in [0.15, 0.2) is 17.5 Å². The SMILES string of the molecule is c1ccc(-c2nc(-c3ccccc3)nc(-c3cccc4c3c3cc(-c5ccc6oc7ccc(-c8ccc9c(c8)c8ccccc8n9-c8ccccc8)cc7c6c5)ccc3n4-c3ccccc3)n2)cc1. The number of fused-ring (bicyclic) bond motifs is 9. The molecule has 6 heteroatoms. The van der Waals surface area contributed by atoms with Gasteiger partial charge < -0.3 is 13.6 Å². The zero-order valence-electron chi connectivity index (χ0n) is 37.2. The van der Waals surface area contributed by atoms with Crippen LogP contribution in [-0.2, 0) is 0 Å². The lowest BCUT2D eigenvalue weighted by Crippen LogP contribution is -2.00. The molecular formula is C63H39N5O. The van der Waals surface area contributed by atoms with Gasteiger partial charge in [-0.3, -0.25) is 0 Å². The molecule has 6 nitrogen and oxygen atoms in total. The molecule has 0 fully saturated rings. The molecule has 0 saturated carbocycles. The van der Waals surface area contributed by atoms with Crippen LogP contribution in [0.15, 0.2) is 241 Å². The van der Waals surface area contributed by atoms with E-state index in [-0.39, 0.29) is 0 Å². The Hall–Kier alpha value is -9.39. The third kappa shape index (κ3) is 6.38. The maximum atomic E-state index is 6.52. The molecule has 4 heterocycles. The van der Waals surface area contributed by atoms with E-state index in [0.717, 1.165) is 94.1 Å². The molecule has 0 aliphatic heterocycles. The van der Waals surface area contributed by atoms with Crippen molar-refractivity contribution in [3.63, 3.8) is 0 Å². The van der Waals surface area contributed by atoms with Crippen LogP contribution < -0.4 is 0 Å². The Morgan fingerprint density at radius 3 is 1.28 bits per heavy atom. The summed E-state index contributed by atoms with van der Waals surface area (Å²) in [4.78, 5) is 15.4. The lowest BCUT2D eigenvalue weighted by Gasteiger charge is -2.10. The van der Waals surface area contributed by atoms with Crippen molar-refractivity contribution in [1.29, 1.82) is 0 Å². The predicted molar refractivity (Wildman–Crippen MR) is 283 cm³/mol. The standard InChI is InChI=1S/C63H39N5O/c1-5-16-40(17-6-1)61-64-62(41-18-7-2-8-19-41)66-63(65-61)49-25-15-27-57-60(49)53-39-43(29-33-56(53)68(57)47-22-11-4-12-23-47)45-31-35-59-52(38-45)51-37-44(30-34-58(51)69-59)42-28-32-55-50(36-42)48-24-13-14-26-54(48)67(55)46-20-9-3-10-21-46/h1-39H. The van der Waals surface area contributed by atoms with Gasteiger partial charge in [-0.1, -0.05) is 152 Å². The van der Waals surface area contributed by atoms with E-state index < -0.39 is 0 Å². The third-order valence-corrected chi connectivity index (χ3v) is 13.6. The van der Waals surface area contributed by atoms with Crippen LogP contribution in [0.3, 0.4) is 0 Å². The number of hydrogen-bond acceptors (Lipinski definition) is 4. The van der Waals surface area contributed by atoms with Gasteiger partial charge >= 0.3 is 0 Å². The lowest BCUT2D eigenvalue weighted by atomic mass is 9.98. The smallest absolute Gasteiger partial charge is 0.164 e. The summed E-state index contributed by atoms with van der Waals surface area (Å²) in [5.41, 5.74) is 15.8. The molecular weight excluding hydrogens is 843 g/mol. The molecule has 10 aromatic carbocycles. The number of benzene rings is 10. The van der Waals surface area contributed by atoms with Crippen LogP contribution in [0.5, 0.6) is 0 Å². The van der Waals surface area contributed by atoms with Gasteiger partial charge in [-0.2, -0.15) is 0 Å². The van der Waals surface area contributed by atoms with E-state index in [1.807, 2.05) is 36.4 Å². The first-order valence-electron chi connectivity index (χ1n) is 23.3. The third-order valence-electron chi connectivity index (χ3n) is 13.6. The van der Waals surface area contributed by atoms with E-state index in [4.69, 9.17) is 19.4 Å². The topological polar surface area (TPSA) is 61.7 Å². The highest BCUT2D eigenvalue weighted by Crippen LogP contribution is 2.42. The van der Waals surface area contributed by atoms with Crippen molar-refractivity contribution < 1.29 is 4.42 Å². The molecule has 0 N–H and O–H groups in total. The van der Waals surface area contributed by atoms with Crippen molar-refractivity contribution in [2.24, 2.45) is 0 Å². The Morgan fingerprint density at radius 2 is 0.696 bits per heavy atom. The van der Waals surface area contributed by atoms with Crippen LogP contribution in [0.1, 0.15) is 0 Å². The fourth-order valence-corrected chi connectivity index (χ4v) is 10.4. The summed E-state index contributed by atoms with van der Waals surface area (Å²) in [5.74, 6) is 1.88. The Morgan fingerprint density at radius 1 is 0.275 bits per heavy atom. The van der Waals surface area contributed by atoms with E-state index in [2.05, 4.69) is 209 Å². The Bertz CT molecular complexity index is 4230. The van der Waals surface area contributed by atoms with E-state index in [1.165, 1.54) is 21.8 Å². The van der Waals surface area contributed by atoms with Crippen molar-refractivity contribution >= 4 is 65.6 Å². The Balaban J connectivity index is 0.929. The molecule has 0 aliphatic carbocycles. The second-order valence-corrected chi connectivity index (χ2v) is 17.6. The molecule has 69 heavy (non-hydrogen) atoms. The average molecular weight is 882 g/mol. The summed E-state index contributed by atoms with van der Waals surface area (Å²) in [7, 11) is 0. The van der Waals surface area contributed by atoms with Crippen molar-refractivity contribution in [1.82, 2.24) is 24.1 Å². The Kier molecular flexibility index (Phi) is 8.79. The van der Waals surface area contributed by atoms with Crippen molar-refractivity contribution in [3.8, 4) is 67.8 Å². The Labute approximate surface area is 396 Å². The highest BCUT2D eigenvalue weighted by molar-refractivity contribution is 6.17. The van der Waals surface area contributed by atoms with Gasteiger partial charge in [-0.05, 0) is 107 Å². The summed E-state index contributed by atoms with van der Waals surface area (Å²) in [6.45, 7) is 0. The second-order valence-electron chi connectivity index (χ2n) is 17.6. The number of rotatable bonds is 7. The summed E-state index contributed by atoms with van der Waals surface area (Å²) in [6.07, 6.45) is 0. The lowest BCUT2D eigenvalue weighted by molar-refractivity contribution is 0.669. The van der Waals surface area contributed by atoms with Gasteiger partial charge in [0.1, 0.15) is 11.2 Å². The van der Waals surface area contributed by atoms with Gasteiger partial charge in [-0.15, -0.1) is 0 Å². The van der Waals surface area contributed by atoms with Crippen LogP contribution in [0.4, 0.5) is 0 Å². The molecule has 0 radical (unpaired) electrons. The molecule has 0 saturated heterocycles. The van der Waals surface area contributed by atoms with E-state index in [0.29, 0.717) is 17.5 Å². The van der Waals surface area contributed by atoms with Gasteiger partial charge in [0.2, 0.25) is 0 Å². The van der Waals surface area contributed by atoms with E-state index in [1.54, 1.807) is 0 Å². The van der Waals surface area contributed by atoms with E-state index >= 15 is 0 Å². The summed E-state index contributed by atoms with van der Waals surface area (Å²) < 4.78 is 11.2. The normalized spacial score (nSPS) is 11.8. The first kappa shape index (κ1) is 38.8. The van der Waals surface area contributed by atoms with Gasteiger partial charge in [0, 0.05) is 60.4 Å². The fraction of sp³-hybridized carbons (Fsp3) is 0. The fourth-order valence-electron chi connectivity index (χ4n) is 10.4. The summed E-state index contributed by atoms with van der Waals surface area (Å²) in [5, 5.41) is 6.79. The van der Waals surface area contributed by atoms with Crippen LogP contribution >= 0.6 is 0 Å². The average Bonchev–Trinajstić information content (AvgIpc) is 4.08. The van der Waals surface area contributed by atoms with Crippen molar-refractivity contribution in [2.75, 3.05) is 0 Å². The minimum Gasteiger partial charge on any atom is -0.456 e. The van der Waals surface area contributed by atoms with Crippen LogP contribution in [0.2, 0.25) is 0 Å². The van der Waals surface area contributed by atoms with Gasteiger partial charge in [-0.25, -0.2) is 15.0 Å². The molecule has 14 rings (SSSR count). The second kappa shape index (κ2) is 15.6. The molecule has 322 valence electrons. The highest BCUT2D eigenvalue weighted by atomic mass is 16.3. The number of furan rings is 1. The van der Waals surface area contributed by atoms with Gasteiger partial charge in [0.05, 0.1) is 22.1 Å². The maximum absolute atomic E-state index is 6.52. The number of para-hydroxylation sites is 3. The number of hydrogen-bond donors (Lipinski definition) is 0. The van der Waals surface area contributed by atoms with Crippen LogP contribution in [0.25, 0.3) is 133 Å². The van der Waals surface area contributed by atoms with Crippen molar-refractivity contribution in [3.05, 3.63) is 237 Å². The quantitative estimate of drug-likeness (QED) is 0.160. The molecule has 0 atom stereocenters. The van der Waals surface area contributed by atoms with Crippen LogP contribution in [0, 0.1) is 0 Å². The van der Waals surface area contributed by atoms with Crippen LogP contribution in [-0.4, -0.2) is 24.1 Å². The van der Waals surface area contributed by atoms with Gasteiger partial charge in [0.25, 0.3) is 0 Å². The minimum atomic E-state index is 0.619. The summed E-state index contributed by atoms with van der Waals surface area (Å²) in [6, 6.07) is 83.4. The monoisotopic (exact) mass is 881 g/mol. The molecule has 0 amide bonds. The largest absolute Gasteiger partial charge is 0.456 e. The minimum absolute atomic E-state index is 0.619. The maximum Gasteiger partial charge on any atom is 0.164 e. The zero-order chi connectivity index (χ0) is 45.4. The molecule has 0 bridgehead atoms. The van der Waals surface area contributed by atoms with Crippen molar-refractivity contribution in [2.45, 2.75) is 0 Å².